The molecule has 0 saturated heterocycles. The monoisotopic (exact) mass is 321 g/mol. The number of hydrogen-bond donors (Lipinski definition) is 1. The Kier molecular flexibility index (Phi) is 3.47. The van der Waals surface area contributed by atoms with Gasteiger partial charge in [0.05, 0.1) is 4.90 Å². The molecule has 1 aliphatic carbocycles. The van der Waals surface area contributed by atoms with Gasteiger partial charge in [-0.05, 0) is 37.0 Å². The molecule has 112 valence electrons. The number of benzene rings is 1. The first-order valence-corrected chi connectivity index (χ1v) is 9.72. The van der Waals surface area contributed by atoms with Crippen molar-refractivity contribution in [1.29, 1.82) is 0 Å². The van der Waals surface area contributed by atoms with Crippen molar-refractivity contribution in [2.45, 2.75) is 34.6 Å². The smallest absolute Gasteiger partial charge is 0.179 e. The molecule has 0 radical (unpaired) electrons. The Labute approximate surface area is 117 Å². The van der Waals surface area contributed by atoms with Crippen LogP contribution >= 0.6 is 0 Å². The molecule has 0 spiro atoms. The lowest BCUT2D eigenvalue weighted by atomic mass is 10.1. The van der Waals surface area contributed by atoms with Crippen molar-refractivity contribution in [3.63, 3.8) is 0 Å². The van der Waals surface area contributed by atoms with E-state index in [0.717, 1.165) is 31.4 Å². The van der Waals surface area contributed by atoms with Crippen LogP contribution in [0.4, 0.5) is 4.39 Å². The highest BCUT2D eigenvalue weighted by molar-refractivity contribution is 7.93. The fraction of sp³-hybridized carbons (Fsp3) is 0.500. The molecule has 0 bridgehead atoms. The molecule has 0 aliphatic heterocycles. The Bertz CT molecular complexity index is 765. The van der Waals surface area contributed by atoms with Gasteiger partial charge in [-0.25, -0.2) is 21.2 Å². The summed E-state index contributed by atoms with van der Waals surface area (Å²) < 4.78 is 60.7. The molecule has 2 rings (SSSR count). The number of rotatable bonds is 4. The summed E-state index contributed by atoms with van der Waals surface area (Å²) in [5.41, 5.74) is 5.90. The minimum Gasteiger partial charge on any atom is -0.325 e. The lowest BCUT2D eigenvalue weighted by molar-refractivity contribution is 0.550. The Morgan fingerprint density at radius 1 is 1.15 bits per heavy atom. The first-order chi connectivity index (χ1) is 8.92. The highest BCUT2D eigenvalue weighted by Crippen LogP contribution is 2.37. The molecule has 0 atom stereocenters. The van der Waals surface area contributed by atoms with Gasteiger partial charge in [-0.2, -0.15) is 0 Å². The van der Waals surface area contributed by atoms with Crippen LogP contribution in [0.1, 0.15) is 18.4 Å². The maximum absolute atomic E-state index is 14.0. The molecule has 1 aromatic rings. The molecule has 0 aromatic heterocycles. The average Bonchev–Trinajstić information content (AvgIpc) is 2.91. The maximum Gasteiger partial charge on any atom is 0.179 e. The molecule has 0 amide bonds. The van der Waals surface area contributed by atoms with Crippen LogP contribution in [0.3, 0.4) is 0 Å². The third-order valence-electron chi connectivity index (χ3n) is 3.29. The van der Waals surface area contributed by atoms with Crippen LogP contribution in [0.5, 0.6) is 0 Å². The second-order valence-corrected chi connectivity index (χ2v) is 9.43. The molecule has 1 fully saturated rings. The number of sulfone groups is 2. The Morgan fingerprint density at radius 2 is 1.70 bits per heavy atom. The highest BCUT2D eigenvalue weighted by atomic mass is 32.2. The first-order valence-electron chi connectivity index (χ1n) is 5.94. The average molecular weight is 321 g/mol. The lowest BCUT2D eigenvalue weighted by Crippen LogP contribution is -2.25. The van der Waals surface area contributed by atoms with Gasteiger partial charge in [0, 0.05) is 18.1 Å². The summed E-state index contributed by atoms with van der Waals surface area (Å²) in [5.74, 6) is -1.05. The van der Waals surface area contributed by atoms with Crippen LogP contribution < -0.4 is 5.73 Å². The summed E-state index contributed by atoms with van der Waals surface area (Å²) in [6.07, 6.45) is 3.55. The van der Waals surface area contributed by atoms with Crippen molar-refractivity contribution < 1.29 is 21.2 Å². The minimum atomic E-state index is -3.98. The van der Waals surface area contributed by atoms with Crippen LogP contribution in [0.15, 0.2) is 21.9 Å². The van der Waals surface area contributed by atoms with E-state index in [1.54, 1.807) is 0 Å². The fourth-order valence-corrected chi connectivity index (χ4v) is 4.65. The van der Waals surface area contributed by atoms with Crippen molar-refractivity contribution in [3.8, 4) is 0 Å². The zero-order valence-corrected chi connectivity index (χ0v) is 12.8. The van der Waals surface area contributed by atoms with Crippen molar-refractivity contribution in [2.75, 3.05) is 12.5 Å². The van der Waals surface area contributed by atoms with Gasteiger partial charge in [0.1, 0.15) is 10.7 Å². The highest BCUT2D eigenvalue weighted by Gasteiger charge is 2.38. The van der Waals surface area contributed by atoms with Crippen LogP contribution in [0, 0.1) is 5.82 Å². The van der Waals surface area contributed by atoms with E-state index in [-0.39, 0.29) is 0 Å². The topological polar surface area (TPSA) is 94.3 Å². The van der Waals surface area contributed by atoms with Gasteiger partial charge in [0.25, 0.3) is 0 Å². The fourth-order valence-electron chi connectivity index (χ4n) is 2.10. The van der Waals surface area contributed by atoms with Gasteiger partial charge in [-0.15, -0.1) is 0 Å². The van der Waals surface area contributed by atoms with Crippen LogP contribution in [0.25, 0.3) is 0 Å². The van der Waals surface area contributed by atoms with E-state index in [1.165, 1.54) is 6.07 Å². The van der Waals surface area contributed by atoms with Crippen molar-refractivity contribution in [1.82, 2.24) is 0 Å². The minimum absolute atomic E-state index is 0.330. The predicted molar refractivity (Wildman–Crippen MR) is 72.5 cm³/mol. The van der Waals surface area contributed by atoms with E-state index in [0.29, 0.717) is 12.0 Å². The molecule has 5 nitrogen and oxygen atoms in total. The maximum atomic E-state index is 14.0. The van der Waals surface area contributed by atoms with Crippen LogP contribution in [-0.2, 0) is 26.1 Å². The summed E-state index contributed by atoms with van der Waals surface area (Å²) in [5, 5.41) is 0. The van der Waals surface area contributed by atoms with Gasteiger partial charge in [-0.1, -0.05) is 0 Å². The van der Waals surface area contributed by atoms with Crippen molar-refractivity contribution >= 4 is 19.7 Å². The van der Waals surface area contributed by atoms with Crippen molar-refractivity contribution in [2.24, 2.45) is 5.73 Å². The third-order valence-corrected chi connectivity index (χ3v) is 5.69. The normalized spacial score (nSPS) is 18.0. The molecular formula is C12H16FNO4S2. The summed E-state index contributed by atoms with van der Waals surface area (Å²) in [6.45, 7) is 0. The SMILES string of the molecule is CS(=O)(=O)c1cc(CC2(N)CC2)cc(F)c1S(C)(=O)=O. The zero-order valence-electron chi connectivity index (χ0n) is 11.2. The van der Waals surface area contributed by atoms with Gasteiger partial charge in [0.15, 0.2) is 19.7 Å². The zero-order chi connectivity index (χ0) is 15.3. The Balaban J connectivity index is 2.66. The predicted octanol–water partition coefficient (Wildman–Crippen LogP) is 0.667. The summed E-state index contributed by atoms with van der Waals surface area (Å²) >= 11 is 0. The molecule has 0 unspecified atom stereocenters. The van der Waals surface area contributed by atoms with Gasteiger partial charge < -0.3 is 5.73 Å². The van der Waals surface area contributed by atoms with E-state index in [9.17, 15) is 21.2 Å². The Morgan fingerprint density at radius 3 is 2.10 bits per heavy atom. The summed E-state index contributed by atoms with van der Waals surface area (Å²) in [7, 11) is -7.83. The van der Waals surface area contributed by atoms with E-state index >= 15 is 0 Å². The van der Waals surface area contributed by atoms with Gasteiger partial charge in [-0.3, -0.25) is 0 Å². The van der Waals surface area contributed by atoms with E-state index < -0.39 is 40.8 Å². The molecular weight excluding hydrogens is 305 g/mol. The lowest BCUT2D eigenvalue weighted by Gasteiger charge is -2.13. The summed E-state index contributed by atoms with van der Waals surface area (Å²) in [4.78, 5) is -1.27. The quantitative estimate of drug-likeness (QED) is 0.879. The molecule has 20 heavy (non-hydrogen) atoms. The van der Waals surface area contributed by atoms with Crippen LogP contribution in [-0.4, -0.2) is 34.9 Å². The number of nitrogens with two attached hydrogens (primary N) is 1. The molecule has 1 saturated carbocycles. The largest absolute Gasteiger partial charge is 0.325 e. The molecule has 1 aromatic carbocycles. The van der Waals surface area contributed by atoms with Crippen LogP contribution in [0.2, 0.25) is 0 Å². The second-order valence-electron chi connectivity index (χ2n) is 5.49. The summed E-state index contributed by atoms with van der Waals surface area (Å²) in [6, 6.07) is 2.26. The molecule has 1 aliphatic rings. The molecule has 0 heterocycles. The molecule has 2 N–H and O–H groups in total. The standard InChI is InChI=1S/C12H16FNO4S2/c1-19(15,16)10-6-8(7-12(14)3-4-12)5-9(13)11(10)20(2,17)18/h5-6H,3-4,7,14H2,1-2H3. The first kappa shape index (κ1) is 15.4. The second kappa shape index (κ2) is 4.51. The van der Waals surface area contributed by atoms with Gasteiger partial charge >= 0.3 is 0 Å². The van der Waals surface area contributed by atoms with E-state index in [1.807, 2.05) is 0 Å². The third kappa shape index (κ3) is 3.18. The molecule has 8 heteroatoms. The number of halogens is 1. The number of hydrogen-bond acceptors (Lipinski definition) is 5. The van der Waals surface area contributed by atoms with E-state index in [4.69, 9.17) is 5.73 Å². The van der Waals surface area contributed by atoms with Gasteiger partial charge in [0.2, 0.25) is 0 Å². The Hall–Kier alpha value is -0.990. The van der Waals surface area contributed by atoms with Crippen molar-refractivity contribution in [3.05, 3.63) is 23.5 Å². The van der Waals surface area contributed by atoms with E-state index in [2.05, 4.69) is 0 Å².